The fraction of sp³-hybridized carbons (Fsp3) is 0.300. The number of ether oxygens (including phenoxy) is 2. The first kappa shape index (κ1) is 20.8. The Labute approximate surface area is 173 Å². The lowest BCUT2D eigenvalue weighted by Crippen LogP contribution is -2.36. The molecule has 8 nitrogen and oxygen atoms in total. The van der Waals surface area contributed by atoms with E-state index in [9.17, 15) is 4.79 Å². The lowest BCUT2D eigenvalue weighted by Gasteiger charge is -2.13. The van der Waals surface area contributed by atoms with Crippen molar-refractivity contribution in [3.63, 3.8) is 0 Å². The van der Waals surface area contributed by atoms with Crippen LogP contribution < -0.4 is 10.1 Å². The number of carbonyl (C=O) groups excluding carboxylic acids is 1. The Morgan fingerprint density at radius 3 is 2.52 bits per heavy atom. The van der Waals surface area contributed by atoms with Crippen LogP contribution in [-0.4, -0.2) is 58.3 Å². The van der Waals surface area contributed by atoms with E-state index in [4.69, 9.17) is 9.47 Å². The van der Waals surface area contributed by atoms with Gasteiger partial charge in [0.15, 0.2) is 11.0 Å². The van der Waals surface area contributed by atoms with Crippen LogP contribution in [0.5, 0.6) is 5.75 Å². The number of nitrogens with one attached hydrogen (secondary N) is 1. The standard InChI is InChI=1S/C20H23N5O3S/c1-14(12-27-2)22-18(26)13-29-20-24-23-19(15-8-10-21-11-9-15)25(20)16-4-6-17(28-3)7-5-16/h4-11,14H,12-13H2,1-3H3,(H,22,26)/t14-/m1/s1. The normalized spacial score (nSPS) is 11.8. The summed E-state index contributed by atoms with van der Waals surface area (Å²) >= 11 is 1.33. The number of amides is 1. The number of rotatable bonds is 9. The number of aromatic nitrogens is 4. The first-order valence-electron chi connectivity index (χ1n) is 9.03. The summed E-state index contributed by atoms with van der Waals surface area (Å²) in [7, 11) is 3.23. The maximum atomic E-state index is 12.2. The van der Waals surface area contributed by atoms with Gasteiger partial charge in [0, 0.05) is 36.8 Å². The Balaban J connectivity index is 1.87. The molecule has 2 aromatic heterocycles. The van der Waals surface area contributed by atoms with Crippen LogP contribution in [0.25, 0.3) is 17.1 Å². The molecule has 0 fully saturated rings. The number of hydrogen-bond donors (Lipinski definition) is 1. The molecule has 1 aromatic carbocycles. The minimum Gasteiger partial charge on any atom is -0.497 e. The third kappa shape index (κ3) is 5.33. The Bertz CT molecular complexity index is 931. The SMILES string of the molecule is COC[C@@H](C)NC(=O)CSc1nnc(-c2ccncc2)n1-c1ccc(OC)cc1. The van der Waals surface area contributed by atoms with Crippen molar-refractivity contribution >= 4 is 17.7 Å². The van der Waals surface area contributed by atoms with Gasteiger partial charge < -0.3 is 14.8 Å². The van der Waals surface area contributed by atoms with Crippen molar-refractivity contribution in [2.75, 3.05) is 26.6 Å². The maximum absolute atomic E-state index is 12.2. The fourth-order valence-electron chi connectivity index (χ4n) is 2.75. The molecular formula is C20H23N5O3S. The third-order valence-electron chi connectivity index (χ3n) is 4.06. The molecule has 0 aliphatic rings. The summed E-state index contributed by atoms with van der Waals surface area (Å²) in [5.41, 5.74) is 1.76. The zero-order chi connectivity index (χ0) is 20.6. The summed E-state index contributed by atoms with van der Waals surface area (Å²) in [5.74, 6) is 1.56. The predicted octanol–water partition coefficient (Wildman–Crippen LogP) is 2.58. The highest BCUT2D eigenvalue weighted by atomic mass is 32.2. The van der Waals surface area contributed by atoms with Crippen molar-refractivity contribution in [1.82, 2.24) is 25.1 Å². The summed E-state index contributed by atoms with van der Waals surface area (Å²) in [6.45, 7) is 2.36. The predicted molar refractivity (Wildman–Crippen MR) is 111 cm³/mol. The van der Waals surface area contributed by atoms with Gasteiger partial charge >= 0.3 is 0 Å². The Morgan fingerprint density at radius 1 is 1.14 bits per heavy atom. The molecular weight excluding hydrogens is 390 g/mol. The number of hydrogen-bond acceptors (Lipinski definition) is 7. The van der Waals surface area contributed by atoms with Crippen molar-refractivity contribution < 1.29 is 14.3 Å². The fourth-order valence-corrected chi connectivity index (χ4v) is 3.52. The van der Waals surface area contributed by atoms with Crippen molar-refractivity contribution in [3.05, 3.63) is 48.8 Å². The number of nitrogens with zero attached hydrogens (tertiary/aromatic N) is 4. The van der Waals surface area contributed by atoms with E-state index in [1.807, 2.05) is 47.9 Å². The molecule has 1 amide bonds. The summed E-state index contributed by atoms with van der Waals surface area (Å²) in [4.78, 5) is 16.3. The topological polar surface area (TPSA) is 91.2 Å². The monoisotopic (exact) mass is 413 g/mol. The highest BCUT2D eigenvalue weighted by Gasteiger charge is 2.18. The molecule has 1 N–H and O–H groups in total. The molecule has 0 bridgehead atoms. The number of benzene rings is 1. The lowest BCUT2D eigenvalue weighted by molar-refractivity contribution is -0.119. The molecule has 0 aliphatic heterocycles. The molecule has 152 valence electrons. The zero-order valence-corrected chi connectivity index (χ0v) is 17.3. The van der Waals surface area contributed by atoms with E-state index in [2.05, 4.69) is 20.5 Å². The van der Waals surface area contributed by atoms with Gasteiger partial charge in [0.25, 0.3) is 0 Å². The van der Waals surface area contributed by atoms with Gasteiger partial charge in [-0.1, -0.05) is 11.8 Å². The summed E-state index contributed by atoms with van der Waals surface area (Å²) < 4.78 is 12.2. The van der Waals surface area contributed by atoms with Crippen LogP contribution in [0, 0.1) is 0 Å². The van der Waals surface area contributed by atoms with Crippen LogP contribution in [0.2, 0.25) is 0 Å². The quantitative estimate of drug-likeness (QED) is 0.539. The lowest BCUT2D eigenvalue weighted by atomic mass is 10.2. The molecule has 3 rings (SSSR count). The summed E-state index contributed by atoms with van der Waals surface area (Å²) in [6, 6.07) is 11.3. The van der Waals surface area contributed by atoms with Gasteiger partial charge in [-0.15, -0.1) is 10.2 Å². The van der Waals surface area contributed by atoms with Gasteiger partial charge in [-0.05, 0) is 43.3 Å². The maximum Gasteiger partial charge on any atom is 0.230 e. The Kier molecular flexibility index (Phi) is 7.20. The number of methoxy groups -OCH3 is 2. The molecule has 0 saturated carbocycles. The first-order chi connectivity index (χ1) is 14.1. The van der Waals surface area contributed by atoms with E-state index in [0.717, 1.165) is 17.0 Å². The van der Waals surface area contributed by atoms with Gasteiger partial charge in [0.05, 0.1) is 19.5 Å². The van der Waals surface area contributed by atoms with Crippen LogP contribution in [-0.2, 0) is 9.53 Å². The van der Waals surface area contributed by atoms with E-state index in [1.54, 1.807) is 26.6 Å². The molecule has 3 aromatic rings. The first-order valence-corrected chi connectivity index (χ1v) is 10.0. The zero-order valence-electron chi connectivity index (χ0n) is 16.5. The van der Waals surface area contributed by atoms with Gasteiger partial charge in [0.1, 0.15) is 5.75 Å². The average molecular weight is 414 g/mol. The molecule has 0 aliphatic carbocycles. The van der Waals surface area contributed by atoms with Crippen molar-refractivity contribution in [2.24, 2.45) is 0 Å². The van der Waals surface area contributed by atoms with Crippen LogP contribution in [0.4, 0.5) is 0 Å². The van der Waals surface area contributed by atoms with Crippen molar-refractivity contribution in [1.29, 1.82) is 0 Å². The van der Waals surface area contributed by atoms with Gasteiger partial charge in [0.2, 0.25) is 5.91 Å². The van der Waals surface area contributed by atoms with Gasteiger partial charge in [-0.25, -0.2) is 0 Å². The highest BCUT2D eigenvalue weighted by Crippen LogP contribution is 2.28. The molecule has 29 heavy (non-hydrogen) atoms. The van der Waals surface area contributed by atoms with Crippen LogP contribution in [0.3, 0.4) is 0 Å². The molecule has 0 saturated heterocycles. The second-order valence-corrected chi connectivity index (χ2v) is 7.23. The van der Waals surface area contributed by atoms with Crippen LogP contribution in [0.15, 0.2) is 53.9 Å². The minimum absolute atomic E-state index is 0.0556. The van der Waals surface area contributed by atoms with E-state index in [1.165, 1.54) is 11.8 Å². The molecule has 0 radical (unpaired) electrons. The number of carbonyl (C=O) groups is 1. The molecule has 1 atom stereocenters. The molecule has 9 heteroatoms. The van der Waals surface area contributed by atoms with Crippen LogP contribution >= 0.6 is 11.8 Å². The largest absolute Gasteiger partial charge is 0.497 e. The third-order valence-corrected chi connectivity index (χ3v) is 4.99. The number of thioether (sulfide) groups is 1. The average Bonchev–Trinajstić information content (AvgIpc) is 3.17. The molecule has 0 spiro atoms. The number of pyridine rings is 1. The second-order valence-electron chi connectivity index (χ2n) is 6.29. The second kappa shape index (κ2) is 10.0. The van der Waals surface area contributed by atoms with E-state index < -0.39 is 0 Å². The minimum atomic E-state index is -0.0886. The van der Waals surface area contributed by atoms with Crippen molar-refractivity contribution in [3.8, 4) is 22.8 Å². The highest BCUT2D eigenvalue weighted by molar-refractivity contribution is 7.99. The molecule has 0 unspecified atom stereocenters. The summed E-state index contributed by atoms with van der Waals surface area (Å²) in [6.07, 6.45) is 3.42. The Morgan fingerprint density at radius 2 is 1.86 bits per heavy atom. The summed E-state index contributed by atoms with van der Waals surface area (Å²) in [5, 5.41) is 12.2. The van der Waals surface area contributed by atoms with E-state index >= 15 is 0 Å². The molecule has 2 heterocycles. The van der Waals surface area contributed by atoms with Gasteiger partial charge in [-0.2, -0.15) is 0 Å². The van der Waals surface area contributed by atoms with E-state index in [0.29, 0.717) is 17.6 Å². The van der Waals surface area contributed by atoms with E-state index in [-0.39, 0.29) is 17.7 Å². The van der Waals surface area contributed by atoms with Crippen molar-refractivity contribution in [2.45, 2.75) is 18.1 Å². The van der Waals surface area contributed by atoms with Crippen LogP contribution in [0.1, 0.15) is 6.92 Å². The van der Waals surface area contributed by atoms with Gasteiger partial charge in [-0.3, -0.25) is 14.3 Å². The Hall–Kier alpha value is -2.91. The smallest absolute Gasteiger partial charge is 0.230 e.